The topological polar surface area (TPSA) is 63.9 Å². The number of thioether (sulfide) groups is 2. The highest BCUT2D eigenvalue weighted by molar-refractivity contribution is 8.00. The van der Waals surface area contributed by atoms with E-state index in [0.29, 0.717) is 11.5 Å². The molecule has 1 aliphatic heterocycles. The van der Waals surface area contributed by atoms with Crippen molar-refractivity contribution in [1.82, 2.24) is 19.7 Å². The molecule has 2 aromatic carbocycles. The maximum absolute atomic E-state index is 12.8. The summed E-state index contributed by atoms with van der Waals surface area (Å²) in [7, 11) is 0. The van der Waals surface area contributed by atoms with Crippen LogP contribution in [0.5, 0.6) is 0 Å². The molecule has 6 nitrogen and oxygen atoms in total. The number of anilines is 1. The maximum atomic E-state index is 12.8. The number of carbonyl (C=O) groups is 1. The van der Waals surface area contributed by atoms with Gasteiger partial charge in [-0.2, -0.15) is 0 Å². The van der Waals surface area contributed by atoms with Crippen LogP contribution < -0.4 is 4.90 Å². The number of benzene rings is 2. The first-order valence-corrected chi connectivity index (χ1v) is 12.9. The second-order valence-corrected chi connectivity index (χ2v) is 10.3. The van der Waals surface area contributed by atoms with Crippen LogP contribution in [-0.4, -0.2) is 38.0 Å². The van der Waals surface area contributed by atoms with Crippen molar-refractivity contribution in [2.75, 3.05) is 17.2 Å². The van der Waals surface area contributed by atoms with Crippen LogP contribution in [-0.2, 0) is 23.5 Å². The first-order chi connectivity index (χ1) is 15.2. The summed E-state index contributed by atoms with van der Waals surface area (Å²) in [5.74, 6) is 2.09. The van der Waals surface area contributed by atoms with E-state index in [0.717, 1.165) is 46.0 Å². The van der Waals surface area contributed by atoms with E-state index in [1.807, 2.05) is 41.3 Å². The third-order valence-electron chi connectivity index (χ3n) is 5.22. The molecule has 4 aromatic rings. The van der Waals surface area contributed by atoms with Crippen LogP contribution in [0.25, 0.3) is 10.2 Å². The van der Waals surface area contributed by atoms with Gasteiger partial charge in [-0.15, -0.1) is 21.5 Å². The van der Waals surface area contributed by atoms with E-state index in [1.54, 1.807) is 23.1 Å². The van der Waals surface area contributed by atoms with E-state index in [1.165, 1.54) is 22.0 Å². The van der Waals surface area contributed by atoms with Crippen LogP contribution in [0.15, 0.2) is 58.0 Å². The van der Waals surface area contributed by atoms with Gasteiger partial charge in [0.15, 0.2) is 9.50 Å². The molecule has 0 unspecified atom stereocenters. The lowest BCUT2D eigenvalue weighted by molar-refractivity contribution is -0.116. The van der Waals surface area contributed by atoms with Gasteiger partial charge in [-0.3, -0.25) is 4.79 Å². The number of amides is 1. The molecular formula is C22H21N5OS3. The molecule has 2 aromatic heterocycles. The molecule has 1 aliphatic rings. The Labute approximate surface area is 193 Å². The molecule has 0 bridgehead atoms. The van der Waals surface area contributed by atoms with Gasteiger partial charge in [-0.25, -0.2) is 4.98 Å². The van der Waals surface area contributed by atoms with Gasteiger partial charge in [-0.1, -0.05) is 53.9 Å². The Morgan fingerprint density at radius 2 is 1.94 bits per heavy atom. The normalized spacial score (nSPS) is 13.1. The second kappa shape index (κ2) is 9.02. The zero-order chi connectivity index (χ0) is 21.2. The van der Waals surface area contributed by atoms with Crippen molar-refractivity contribution in [2.45, 2.75) is 35.1 Å². The lowest BCUT2D eigenvalue weighted by Crippen LogP contribution is -2.30. The highest BCUT2D eigenvalue weighted by atomic mass is 32.2. The fraction of sp³-hybridized carbons (Fsp3) is 0.273. The smallest absolute Gasteiger partial charge is 0.237 e. The van der Waals surface area contributed by atoms with Crippen molar-refractivity contribution in [2.24, 2.45) is 0 Å². The predicted molar refractivity (Wildman–Crippen MR) is 128 cm³/mol. The molecule has 0 spiro atoms. The van der Waals surface area contributed by atoms with Crippen molar-refractivity contribution in [3.63, 3.8) is 0 Å². The Morgan fingerprint density at radius 1 is 1.10 bits per heavy atom. The zero-order valence-electron chi connectivity index (χ0n) is 17.0. The van der Waals surface area contributed by atoms with Gasteiger partial charge >= 0.3 is 0 Å². The van der Waals surface area contributed by atoms with Crippen molar-refractivity contribution in [3.8, 4) is 0 Å². The first-order valence-electron chi connectivity index (χ1n) is 10.1. The van der Waals surface area contributed by atoms with Crippen molar-refractivity contribution < 1.29 is 4.79 Å². The fourth-order valence-electron chi connectivity index (χ4n) is 3.69. The largest absolute Gasteiger partial charge is 0.311 e. The molecule has 5 rings (SSSR count). The highest BCUT2D eigenvalue weighted by Crippen LogP contribution is 2.32. The molecule has 0 fully saturated rings. The number of aromatic nitrogens is 4. The van der Waals surface area contributed by atoms with E-state index in [4.69, 9.17) is 0 Å². The monoisotopic (exact) mass is 467 g/mol. The van der Waals surface area contributed by atoms with E-state index >= 15 is 0 Å². The van der Waals surface area contributed by atoms with Crippen LogP contribution in [0, 0.1) is 0 Å². The number of hydrogen-bond acceptors (Lipinski definition) is 7. The van der Waals surface area contributed by atoms with Crippen LogP contribution in [0.1, 0.15) is 18.3 Å². The van der Waals surface area contributed by atoms with Crippen molar-refractivity contribution in [1.29, 1.82) is 0 Å². The predicted octanol–water partition coefficient (Wildman–Crippen LogP) is 4.88. The summed E-state index contributed by atoms with van der Waals surface area (Å²) in [5.41, 5.74) is 3.31. The summed E-state index contributed by atoms with van der Waals surface area (Å²) in [4.78, 5) is 19.4. The SMILES string of the molecule is CCn1c(CSc2nc3ccccc3s2)nnc1SCC(=O)N1CCc2ccccc21. The average molecular weight is 468 g/mol. The number of fused-ring (bicyclic) bond motifs is 2. The van der Waals surface area contributed by atoms with Gasteiger partial charge in [0.25, 0.3) is 0 Å². The van der Waals surface area contributed by atoms with Crippen molar-refractivity contribution in [3.05, 3.63) is 59.9 Å². The van der Waals surface area contributed by atoms with Crippen LogP contribution >= 0.6 is 34.9 Å². The average Bonchev–Trinajstić information content (AvgIpc) is 3.51. The molecule has 0 saturated heterocycles. The minimum Gasteiger partial charge on any atom is -0.311 e. The standard InChI is InChI=1S/C22H21N5OS3/c1-2-26-19(13-30-22-23-16-8-4-6-10-18(16)31-22)24-25-21(26)29-14-20(28)27-12-11-15-7-3-5-9-17(15)27/h3-10H,2,11-14H2,1H3. The van der Waals surface area contributed by atoms with Gasteiger partial charge < -0.3 is 9.47 Å². The summed E-state index contributed by atoms with van der Waals surface area (Å²) in [6, 6.07) is 16.3. The van der Waals surface area contributed by atoms with E-state index in [9.17, 15) is 4.79 Å². The lowest BCUT2D eigenvalue weighted by atomic mass is 10.2. The highest BCUT2D eigenvalue weighted by Gasteiger charge is 2.24. The van der Waals surface area contributed by atoms with E-state index in [-0.39, 0.29) is 5.91 Å². The summed E-state index contributed by atoms with van der Waals surface area (Å²) in [6.45, 7) is 3.60. The molecule has 158 valence electrons. The quantitative estimate of drug-likeness (QED) is 0.361. The summed E-state index contributed by atoms with van der Waals surface area (Å²) >= 11 is 4.84. The van der Waals surface area contributed by atoms with Crippen LogP contribution in [0.2, 0.25) is 0 Å². The Hall–Kier alpha value is -2.36. The summed E-state index contributed by atoms with van der Waals surface area (Å²) in [5, 5.41) is 9.55. The minimum atomic E-state index is 0.117. The molecular weight excluding hydrogens is 446 g/mol. The number of thiazole rings is 1. The first kappa shape index (κ1) is 20.5. The number of nitrogens with zero attached hydrogens (tertiary/aromatic N) is 5. The van der Waals surface area contributed by atoms with Gasteiger partial charge in [0.05, 0.1) is 21.7 Å². The molecule has 1 amide bonds. The molecule has 3 heterocycles. The zero-order valence-corrected chi connectivity index (χ0v) is 19.5. The molecule has 9 heteroatoms. The van der Waals surface area contributed by atoms with Gasteiger partial charge in [0, 0.05) is 18.8 Å². The molecule has 31 heavy (non-hydrogen) atoms. The molecule has 0 N–H and O–H groups in total. The Bertz CT molecular complexity index is 1200. The maximum Gasteiger partial charge on any atom is 0.237 e. The Morgan fingerprint density at radius 3 is 2.81 bits per heavy atom. The Kier molecular flexibility index (Phi) is 5.97. The third-order valence-corrected chi connectivity index (χ3v) is 8.35. The molecule has 0 saturated carbocycles. The molecule has 0 aliphatic carbocycles. The number of para-hydroxylation sites is 2. The number of carbonyl (C=O) groups excluding carboxylic acids is 1. The van der Waals surface area contributed by atoms with Crippen LogP contribution in [0.4, 0.5) is 5.69 Å². The van der Waals surface area contributed by atoms with Gasteiger partial charge in [0.2, 0.25) is 5.91 Å². The summed E-state index contributed by atoms with van der Waals surface area (Å²) in [6.07, 6.45) is 0.921. The van der Waals surface area contributed by atoms with E-state index in [2.05, 4.69) is 38.8 Å². The Balaban J connectivity index is 1.23. The van der Waals surface area contributed by atoms with Gasteiger partial charge in [-0.05, 0) is 37.1 Å². The number of hydrogen-bond donors (Lipinski definition) is 0. The van der Waals surface area contributed by atoms with Crippen molar-refractivity contribution >= 4 is 56.7 Å². The molecule has 0 radical (unpaired) electrons. The third kappa shape index (κ3) is 4.22. The van der Waals surface area contributed by atoms with Crippen LogP contribution in [0.3, 0.4) is 0 Å². The number of rotatable bonds is 7. The lowest BCUT2D eigenvalue weighted by Gasteiger charge is -2.17. The molecule has 0 atom stereocenters. The second-order valence-electron chi connectivity index (χ2n) is 7.09. The fourth-order valence-corrected chi connectivity index (χ4v) is 6.60. The van der Waals surface area contributed by atoms with Gasteiger partial charge in [0.1, 0.15) is 5.82 Å². The summed E-state index contributed by atoms with van der Waals surface area (Å²) < 4.78 is 4.32. The van der Waals surface area contributed by atoms with E-state index < -0.39 is 0 Å². The minimum absolute atomic E-state index is 0.117.